The third-order valence-corrected chi connectivity index (χ3v) is 5.41. The molecule has 6 nitrogen and oxygen atoms in total. The molecule has 3 heterocycles. The van der Waals surface area contributed by atoms with Gasteiger partial charge in [0.25, 0.3) is 0 Å². The van der Waals surface area contributed by atoms with Crippen LogP contribution in [0.15, 0.2) is 54.3 Å². The lowest BCUT2D eigenvalue weighted by Gasteiger charge is -2.22. The second kappa shape index (κ2) is 6.81. The number of fused-ring (bicyclic) bond motifs is 2. The molecule has 0 amide bonds. The van der Waals surface area contributed by atoms with Gasteiger partial charge < -0.3 is 20.6 Å². The molecular formula is C23H24N6. The van der Waals surface area contributed by atoms with Gasteiger partial charge in [0.15, 0.2) is 5.65 Å². The summed E-state index contributed by atoms with van der Waals surface area (Å²) in [6.45, 7) is 2.80. The van der Waals surface area contributed by atoms with Crippen LogP contribution in [-0.4, -0.2) is 31.9 Å². The first-order chi connectivity index (χ1) is 14.1. The molecule has 5 rings (SSSR count). The maximum Gasteiger partial charge on any atom is 0.180 e. The van der Waals surface area contributed by atoms with Gasteiger partial charge in [0.05, 0.1) is 5.52 Å². The number of benzene rings is 1. The lowest BCUT2D eigenvalue weighted by atomic mass is 10.1. The first-order valence-corrected chi connectivity index (χ1v) is 9.89. The van der Waals surface area contributed by atoms with Crippen molar-refractivity contribution in [1.82, 2.24) is 24.8 Å². The molecule has 146 valence electrons. The quantitative estimate of drug-likeness (QED) is 0.477. The van der Waals surface area contributed by atoms with Gasteiger partial charge in [-0.25, -0.2) is 9.97 Å². The van der Waals surface area contributed by atoms with Gasteiger partial charge in [-0.3, -0.25) is 0 Å². The highest BCUT2D eigenvalue weighted by molar-refractivity contribution is 5.95. The molecule has 0 saturated heterocycles. The van der Waals surface area contributed by atoms with E-state index in [0.29, 0.717) is 11.5 Å². The van der Waals surface area contributed by atoms with Gasteiger partial charge in [0, 0.05) is 41.4 Å². The zero-order chi connectivity index (χ0) is 20.0. The van der Waals surface area contributed by atoms with E-state index in [1.54, 1.807) is 0 Å². The fourth-order valence-corrected chi connectivity index (χ4v) is 4.01. The van der Waals surface area contributed by atoms with Crippen molar-refractivity contribution >= 4 is 27.9 Å². The number of imidazole rings is 1. The number of nitrogen functional groups attached to an aromatic ring is 1. The number of pyridine rings is 1. The summed E-state index contributed by atoms with van der Waals surface area (Å²) in [6.07, 6.45) is 9.01. The van der Waals surface area contributed by atoms with Crippen molar-refractivity contribution in [2.24, 2.45) is 0 Å². The van der Waals surface area contributed by atoms with E-state index in [4.69, 9.17) is 5.73 Å². The number of likely N-dealkylation sites (N-methyl/N-ethyl adjacent to an activating group) is 1. The van der Waals surface area contributed by atoms with Crippen LogP contribution in [0.4, 0.5) is 5.82 Å². The van der Waals surface area contributed by atoms with Crippen LogP contribution in [0.3, 0.4) is 0 Å². The first-order valence-electron chi connectivity index (χ1n) is 9.89. The second-order valence-corrected chi connectivity index (χ2v) is 7.68. The fourth-order valence-electron chi connectivity index (χ4n) is 4.01. The Morgan fingerprint density at radius 2 is 2.00 bits per heavy atom. The molecule has 4 N–H and O–H groups in total. The summed E-state index contributed by atoms with van der Waals surface area (Å²) in [5, 5.41) is 1.18. The van der Waals surface area contributed by atoms with Gasteiger partial charge in [-0.15, -0.1) is 0 Å². The van der Waals surface area contributed by atoms with Crippen molar-refractivity contribution in [2.75, 3.05) is 12.8 Å². The number of nitrogens with two attached hydrogens (primary N) is 1. The van der Waals surface area contributed by atoms with E-state index in [-0.39, 0.29) is 0 Å². The van der Waals surface area contributed by atoms with E-state index in [1.165, 1.54) is 16.6 Å². The minimum Gasteiger partial charge on any atom is -0.384 e. The molecule has 0 spiro atoms. The summed E-state index contributed by atoms with van der Waals surface area (Å²) in [4.78, 5) is 17.9. The highest BCUT2D eigenvalue weighted by Crippen LogP contribution is 2.31. The molecule has 1 aliphatic carbocycles. The molecule has 0 unspecified atom stereocenters. The smallest absolute Gasteiger partial charge is 0.180 e. The Morgan fingerprint density at radius 1 is 1.10 bits per heavy atom. The lowest BCUT2D eigenvalue weighted by Crippen LogP contribution is -2.16. The number of rotatable bonds is 4. The van der Waals surface area contributed by atoms with Gasteiger partial charge in [-0.2, -0.15) is 0 Å². The van der Waals surface area contributed by atoms with Crippen molar-refractivity contribution in [3.63, 3.8) is 0 Å². The highest BCUT2D eigenvalue weighted by Gasteiger charge is 2.13. The maximum absolute atomic E-state index is 6.02. The Labute approximate surface area is 169 Å². The monoisotopic (exact) mass is 384 g/mol. The number of anilines is 1. The largest absolute Gasteiger partial charge is 0.384 e. The number of allylic oxidation sites excluding steroid dienone is 3. The Hall–Kier alpha value is -3.54. The van der Waals surface area contributed by atoms with Crippen molar-refractivity contribution in [1.29, 1.82) is 0 Å². The lowest BCUT2D eigenvalue weighted by molar-refractivity contribution is 0.421. The average molecular weight is 384 g/mol. The predicted octanol–water partition coefficient (Wildman–Crippen LogP) is 4.66. The number of aryl methyl sites for hydroxylation is 1. The number of nitrogens with one attached hydrogen (secondary N) is 2. The number of hydrogen-bond donors (Lipinski definition) is 3. The van der Waals surface area contributed by atoms with E-state index in [1.807, 2.05) is 13.0 Å². The molecule has 29 heavy (non-hydrogen) atoms. The van der Waals surface area contributed by atoms with Crippen LogP contribution in [0.5, 0.6) is 0 Å². The molecular weight excluding hydrogens is 360 g/mol. The van der Waals surface area contributed by atoms with Gasteiger partial charge >= 0.3 is 0 Å². The average Bonchev–Trinajstić information content (AvgIpc) is 3.30. The number of nitrogens with zero attached hydrogens (tertiary/aromatic N) is 3. The molecule has 0 fully saturated rings. The zero-order valence-electron chi connectivity index (χ0n) is 16.7. The SMILES string of the molecule is Cc1nc2nc(N)cc(-c3cc4cc(CN(C)C5=CCCC=C5)ccc4[nH]3)c2[nH]1. The van der Waals surface area contributed by atoms with Crippen LogP contribution in [-0.2, 0) is 6.54 Å². The van der Waals surface area contributed by atoms with Crippen molar-refractivity contribution < 1.29 is 0 Å². The van der Waals surface area contributed by atoms with Crippen LogP contribution in [0.1, 0.15) is 24.2 Å². The van der Waals surface area contributed by atoms with E-state index in [0.717, 1.165) is 47.5 Å². The summed E-state index contributed by atoms with van der Waals surface area (Å²) in [6, 6.07) is 10.6. The summed E-state index contributed by atoms with van der Waals surface area (Å²) in [7, 11) is 2.14. The highest BCUT2D eigenvalue weighted by atomic mass is 15.1. The Balaban J connectivity index is 1.50. The van der Waals surface area contributed by atoms with Gasteiger partial charge in [-0.1, -0.05) is 18.2 Å². The molecule has 6 heteroatoms. The van der Waals surface area contributed by atoms with E-state index in [9.17, 15) is 0 Å². The number of aromatic amines is 2. The summed E-state index contributed by atoms with van der Waals surface area (Å²) in [5.74, 6) is 1.29. The van der Waals surface area contributed by atoms with Crippen LogP contribution in [0.2, 0.25) is 0 Å². The topological polar surface area (TPSA) is 86.6 Å². The number of hydrogen-bond acceptors (Lipinski definition) is 4. The van der Waals surface area contributed by atoms with Gasteiger partial charge in [0.2, 0.25) is 0 Å². The Morgan fingerprint density at radius 3 is 2.83 bits per heavy atom. The second-order valence-electron chi connectivity index (χ2n) is 7.68. The molecule has 0 atom stereocenters. The number of H-pyrrole nitrogens is 2. The minimum atomic E-state index is 0.466. The molecule has 1 aromatic carbocycles. The molecule has 4 aromatic rings. The zero-order valence-corrected chi connectivity index (χ0v) is 16.7. The first kappa shape index (κ1) is 17.6. The molecule has 1 aliphatic rings. The van der Waals surface area contributed by atoms with Gasteiger partial charge in [0.1, 0.15) is 11.6 Å². The third kappa shape index (κ3) is 3.27. The van der Waals surface area contributed by atoms with E-state index >= 15 is 0 Å². The van der Waals surface area contributed by atoms with Crippen molar-refractivity contribution in [2.45, 2.75) is 26.3 Å². The van der Waals surface area contributed by atoms with Crippen molar-refractivity contribution in [3.8, 4) is 11.3 Å². The minimum absolute atomic E-state index is 0.466. The summed E-state index contributed by atoms with van der Waals surface area (Å²) in [5.41, 5.74) is 13.2. The third-order valence-electron chi connectivity index (χ3n) is 5.41. The van der Waals surface area contributed by atoms with Crippen LogP contribution in [0, 0.1) is 6.92 Å². The molecule has 3 aromatic heterocycles. The number of aromatic nitrogens is 4. The molecule has 0 bridgehead atoms. The van der Waals surface area contributed by atoms with Gasteiger partial charge in [-0.05, 0) is 55.7 Å². The van der Waals surface area contributed by atoms with Crippen LogP contribution >= 0.6 is 0 Å². The molecule has 0 saturated carbocycles. The fraction of sp³-hybridized carbons (Fsp3) is 0.217. The molecule has 0 aliphatic heterocycles. The Kier molecular flexibility index (Phi) is 4.12. The van der Waals surface area contributed by atoms with Crippen molar-refractivity contribution in [3.05, 3.63) is 65.6 Å². The Bertz CT molecular complexity index is 1270. The van der Waals surface area contributed by atoms with E-state index in [2.05, 4.69) is 74.4 Å². The summed E-state index contributed by atoms with van der Waals surface area (Å²) >= 11 is 0. The standard InChI is InChI=1S/C23H24N6/c1-14-25-22-18(12-21(24)28-23(22)26-14)20-11-16-10-15(8-9-19(16)27-20)13-29(2)17-6-4-3-5-7-17/h4,6-12,27H,3,5,13H2,1-2H3,(H3,24,25,26,28). The maximum atomic E-state index is 6.02. The van der Waals surface area contributed by atoms with Crippen LogP contribution < -0.4 is 5.73 Å². The van der Waals surface area contributed by atoms with Crippen LogP contribution in [0.25, 0.3) is 33.3 Å². The van der Waals surface area contributed by atoms with E-state index < -0.39 is 0 Å². The summed E-state index contributed by atoms with van der Waals surface area (Å²) < 4.78 is 0. The predicted molar refractivity (Wildman–Crippen MR) is 118 cm³/mol. The normalized spacial score (nSPS) is 13.9. The molecule has 0 radical (unpaired) electrons.